The molecule has 2 heteroatoms. The predicted octanol–water partition coefficient (Wildman–Crippen LogP) is 23.4. The van der Waals surface area contributed by atoms with Gasteiger partial charge in [-0.3, -0.25) is 0 Å². The van der Waals surface area contributed by atoms with Crippen LogP contribution in [0.1, 0.15) is 235 Å². The first kappa shape index (κ1) is 54.8. The van der Waals surface area contributed by atoms with E-state index in [0.717, 1.165) is 0 Å². The lowest BCUT2D eigenvalue weighted by atomic mass is 9.70. The molecule has 0 N–H and O–H groups in total. The molecule has 0 saturated heterocycles. The molecule has 0 aliphatic heterocycles. The van der Waals surface area contributed by atoms with Crippen LogP contribution >= 0.6 is 15.9 Å². The smallest absolute Gasteiger partial charge is 0.0465 e. The first-order chi connectivity index (χ1) is 35.9. The minimum Gasteiger partial charge on any atom is -0.310 e. The molecule has 0 amide bonds. The maximum atomic E-state index is 3.97. The fourth-order valence-electron chi connectivity index (χ4n) is 13.3. The van der Waals surface area contributed by atoms with E-state index in [1.54, 1.807) is 22.3 Å². The van der Waals surface area contributed by atoms with Crippen molar-refractivity contribution in [1.82, 2.24) is 0 Å². The van der Waals surface area contributed by atoms with Crippen LogP contribution in [0.5, 0.6) is 0 Å². The lowest BCUT2D eigenvalue weighted by molar-refractivity contribution is 0.398. The summed E-state index contributed by atoms with van der Waals surface area (Å²) in [5.74, 6) is 0. The van der Waals surface area contributed by atoms with Crippen LogP contribution in [-0.2, 0) is 10.8 Å². The molecule has 0 heterocycles. The van der Waals surface area contributed by atoms with Crippen molar-refractivity contribution in [2.45, 2.75) is 225 Å². The van der Waals surface area contributed by atoms with Crippen molar-refractivity contribution in [3.8, 4) is 33.4 Å². The van der Waals surface area contributed by atoms with Gasteiger partial charge in [-0.05, 0) is 143 Å². The van der Waals surface area contributed by atoms with E-state index in [4.69, 9.17) is 0 Å². The van der Waals surface area contributed by atoms with Crippen molar-refractivity contribution < 1.29 is 0 Å². The van der Waals surface area contributed by atoms with Gasteiger partial charge in [-0.2, -0.15) is 0 Å². The molecular weight excluding hydrogens is 947 g/mol. The molecule has 1 nitrogen and oxygen atoms in total. The summed E-state index contributed by atoms with van der Waals surface area (Å²) >= 11 is 3.97. The molecular formula is C71H92BrN. The number of halogens is 1. The van der Waals surface area contributed by atoms with Crippen LogP contribution in [0.25, 0.3) is 33.4 Å². The van der Waals surface area contributed by atoms with E-state index in [0.29, 0.717) is 0 Å². The molecule has 0 atom stereocenters. The molecule has 388 valence electrons. The molecule has 2 aliphatic carbocycles. The predicted molar refractivity (Wildman–Crippen MR) is 323 cm³/mol. The monoisotopic (exact) mass is 1040 g/mol. The molecule has 6 aromatic rings. The minimum absolute atomic E-state index is 0.00464. The first-order valence-corrected chi connectivity index (χ1v) is 30.8. The summed E-state index contributed by atoms with van der Waals surface area (Å²) in [4.78, 5) is 2.54. The number of hydrogen-bond acceptors (Lipinski definition) is 1. The molecule has 0 radical (unpaired) electrons. The van der Waals surface area contributed by atoms with Crippen molar-refractivity contribution in [2.75, 3.05) is 4.90 Å². The lowest BCUT2D eigenvalue weighted by Gasteiger charge is -2.34. The van der Waals surface area contributed by atoms with Gasteiger partial charge in [0, 0.05) is 32.4 Å². The Morgan fingerprint density at radius 1 is 0.329 bits per heavy atom. The molecule has 0 bridgehead atoms. The number of benzene rings is 6. The van der Waals surface area contributed by atoms with Gasteiger partial charge in [-0.1, -0.05) is 276 Å². The third-order valence-corrected chi connectivity index (χ3v) is 17.9. The van der Waals surface area contributed by atoms with Crippen molar-refractivity contribution in [3.63, 3.8) is 0 Å². The number of unbranched alkanes of at least 4 members (excludes halogenated alkanes) is 20. The molecule has 73 heavy (non-hydrogen) atoms. The fraction of sp³-hybridized carbons (Fsp3) is 0.493. The average molecular weight is 1040 g/mol. The van der Waals surface area contributed by atoms with Crippen molar-refractivity contribution in [1.29, 1.82) is 0 Å². The Morgan fingerprint density at radius 3 is 1.22 bits per heavy atom. The summed E-state index contributed by atoms with van der Waals surface area (Å²) in [5.41, 5.74) is 19.7. The second-order valence-electron chi connectivity index (χ2n) is 22.7. The SMILES string of the molecule is CCCCCCCCC1(CCCCCCCC)c2ccccc2-c2ccc(-c3ccc(N(c4ccc(C)cc4)c4ccc5c(c4)C(CCCCCCCC)(CCCCCCCC)c4cc(Br)ccc4-5)cc3)cc21. The number of aryl methyl sites for hydroxylation is 1. The number of hydrogen-bond donors (Lipinski definition) is 0. The Morgan fingerprint density at radius 2 is 0.699 bits per heavy atom. The zero-order chi connectivity index (χ0) is 50.9. The number of anilines is 3. The maximum Gasteiger partial charge on any atom is 0.0465 e. The van der Waals surface area contributed by atoms with Gasteiger partial charge in [0.05, 0.1) is 0 Å². The Labute approximate surface area is 453 Å². The van der Waals surface area contributed by atoms with E-state index in [1.807, 2.05) is 0 Å². The molecule has 0 unspecified atom stereocenters. The Bertz CT molecular complexity index is 2580. The highest BCUT2D eigenvalue weighted by Crippen LogP contribution is 2.57. The summed E-state index contributed by atoms with van der Waals surface area (Å²) < 4.78 is 1.20. The first-order valence-electron chi connectivity index (χ1n) is 30.0. The third-order valence-electron chi connectivity index (χ3n) is 17.4. The van der Waals surface area contributed by atoms with Crippen molar-refractivity contribution >= 4 is 33.0 Å². The molecule has 2 aliphatic rings. The quantitative estimate of drug-likeness (QED) is 0.0381. The number of rotatable bonds is 32. The zero-order valence-corrected chi connectivity index (χ0v) is 47.8. The van der Waals surface area contributed by atoms with Crippen LogP contribution in [-0.4, -0.2) is 0 Å². The highest BCUT2D eigenvalue weighted by atomic mass is 79.9. The van der Waals surface area contributed by atoms with E-state index in [9.17, 15) is 0 Å². The highest BCUT2D eigenvalue weighted by Gasteiger charge is 2.44. The molecule has 0 saturated carbocycles. The maximum absolute atomic E-state index is 3.97. The van der Waals surface area contributed by atoms with Crippen LogP contribution in [0, 0.1) is 6.92 Å². The van der Waals surface area contributed by atoms with E-state index < -0.39 is 0 Å². The van der Waals surface area contributed by atoms with Gasteiger partial charge < -0.3 is 4.90 Å². The van der Waals surface area contributed by atoms with Crippen LogP contribution in [0.2, 0.25) is 0 Å². The van der Waals surface area contributed by atoms with Crippen molar-refractivity contribution in [2.24, 2.45) is 0 Å². The highest BCUT2D eigenvalue weighted by molar-refractivity contribution is 9.10. The van der Waals surface area contributed by atoms with Gasteiger partial charge in [0.15, 0.2) is 0 Å². The van der Waals surface area contributed by atoms with E-state index in [2.05, 4.69) is 183 Å². The van der Waals surface area contributed by atoms with Crippen LogP contribution in [0.4, 0.5) is 17.1 Å². The fourth-order valence-corrected chi connectivity index (χ4v) is 13.7. The van der Waals surface area contributed by atoms with Gasteiger partial charge >= 0.3 is 0 Å². The summed E-state index contributed by atoms with van der Waals surface area (Å²) in [7, 11) is 0. The van der Waals surface area contributed by atoms with Gasteiger partial charge in [-0.25, -0.2) is 0 Å². The molecule has 0 spiro atoms. The van der Waals surface area contributed by atoms with Crippen LogP contribution < -0.4 is 4.90 Å². The van der Waals surface area contributed by atoms with E-state index >= 15 is 0 Å². The number of nitrogens with zero attached hydrogens (tertiary/aromatic N) is 1. The lowest BCUT2D eigenvalue weighted by Crippen LogP contribution is -2.26. The van der Waals surface area contributed by atoms with Crippen LogP contribution in [0.15, 0.2) is 132 Å². The average Bonchev–Trinajstić information content (AvgIpc) is 3.85. The Hall–Kier alpha value is -4.40. The molecule has 0 fully saturated rings. The second kappa shape index (κ2) is 27.4. The largest absolute Gasteiger partial charge is 0.310 e. The zero-order valence-electron chi connectivity index (χ0n) is 46.2. The summed E-state index contributed by atoms with van der Waals surface area (Å²) in [5, 5.41) is 0. The Kier molecular flexibility index (Phi) is 20.6. The van der Waals surface area contributed by atoms with Crippen LogP contribution in [0.3, 0.4) is 0 Å². The minimum atomic E-state index is -0.00464. The topological polar surface area (TPSA) is 3.24 Å². The van der Waals surface area contributed by atoms with Crippen molar-refractivity contribution in [3.05, 3.63) is 160 Å². The molecule has 0 aromatic heterocycles. The normalized spacial score (nSPS) is 13.7. The standard InChI is InChI=1S/C71H92BrN/c1-6-10-14-18-22-28-48-70(49-29-23-19-15-11-7-2)66-33-27-26-32-62(66)63-45-38-57(52-67(63)70)56-36-42-60(43-37-56)73(59-40-34-55(5)35-41-59)61-44-47-65-64-46-39-58(72)53-68(64)71(69(65)54-61,50-30-24-20-16-12-8-3)51-31-25-21-17-13-9-4/h26-27,32-47,52-54H,6-25,28-31,48-51H2,1-5H3. The van der Waals surface area contributed by atoms with E-state index in [-0.39, 0.29) is 10.8 Å². The third kappa shape index (κ3) is 13.0. The summed E-state index contributed by atoms with van der Waals surface area (Å²) in [6, 6.07) is 50.5. The van der Waals surface area contributed by atoms with E-state index in [1.165, 1.54) is 240 Å². The number of fused-ring (bicyclic) bond motifs is 6. The van der Waals surface area contributed by atoms with Gasteiger partial charge in [-0.15, -0.1) is 0 Å². The summed E-state index contributed by atoms with van der Waals surface area (Å²) in [6.45, 7) is 11.5. The van der Waals surface area contributed by atoms with Gasteiger partial charge in [0.2, 0.25) is 0 Å². The Balaban J connectivity index is 1.15. The molecule has 6 aromatic carbocycles. The second-order valence-corrected chi connectivity index (χ2v) is 23.6. The van der Waals surface area contributed by atoms with Gasteiger partial charge in [0.25, 0.3) is 0 Å². The molecule has 8 rings (SSSR count). The van der Waals surface area contributed by atoms with Gasteiger partial charge in [0.1, 0.15) is 0 Å². The summed E-state index contributed by atoms with van der Waals surface area (Å²) in [6.07, 6.45) is 36.8.